The fourth-order valence-corrected chi connectivity index (χ4v) is 3.37. The summed E-state index contributed by atoms with van der Waals surface area (Å²) in [6.45, 7) is 4.06. The van der Waals surface area contributed by atoms with E-state index in [0.717, 1.165) is 35.2 Å². The Kier molecular flexibility index (Phi) is 3.06. The fourth-order valence-electron chi connectivity index (χ4n) is 2.90. The van der Waals surface area contributed by atoms with Gasteiger partial charge < -0.3 is 15.2 Å². The molecule has 0 unspecified atom stereocenters. The van der Waals surface area contributed by atoms with Gasteiger partial charge >= 0.3 is 0 Å². The average Bonchev–Trinajstić information content (AvgIpc) is 2.84. The molecule has 0 saturated heterocycles. The van der Waals surface area contributed by atoms with Crippen molar-refractivity contribution < 1.29 is 9.47 Å². The molecule has 1 aromatic carbocycles. The van der Waals surface area contributed by atoms with Crippen LogP contribution in [0.5, 0.6) is 11.5 Å². The van der Waals surface area contributed by atoms with E-state index in [1.807, 2.05) is 19.9 Å². The minimum absolute atomic E-state index is 0.235. The maximum atomic E-state index is 6.10. The number of hydrogen-bond acceptors (Lipinski definition) is 3. The molecule has 3 nitrogen and oxygen atoms in total. The monoisotopic (exact) mass is 325 g/mol. The average molecular weight is 326 g/mol. The summed E-state index contributed by atoms with van der Waals surface area (Å²) in [7, 11) is 0. The van der Waals surface area contributed by atoms with Gasteiger partial charge in [0.1, 0.15) is 0 Å². The van der Waals surface area contributed by atoms with E-state index in [9.17, 15) is 0 Å². The maximum Gasteiger partial charge on any atom is 0.251 e. The highest BCUT2D eigenvalue weighted by molar-refractivity contribution is 9.10. The number of rotatable bonds is 2. The smallest absolute Gasteiger partial charge is 0.251 e. The summed E-state index contributed by atoms with van der Waals surface area (Å²) in [6.07, 6.45) is 5.13. The van der Waals surface area contributed by atoms with Crippen LogP contribution in [0, 0.1) is 0 Å². The largest absolute Gasteiger partial charge is 0.448 e. The minimum Gasteiger partial charge on any atom is -0.448 e. The lowest BCUT2D eigenvalue weighted by Crippen LogP contribution is -2.34. The molecular weight excluding hydrogens is 306 g/mol. The van der Waals surface area contributed by atoms with E-state index in [4.69, 9.17) is 15.2 Å². The van der Waals surface area contributed by atoms with Gasteiger partial charge in [0.05, 0.1) is 0 Å². The third-order valence-electron chi connectivity index (χ3n) is 3.72. The zero-order chi connectivity index (χ0) is 13.7. The van der Waals surface area contributed by atoms with Gasteiger partial charge in [-0.1, -0.05) is 15.9 Å². The summed E-state index contributed by atoms with van der Waals surface area (Å²) in [5.74, 6) is 1.33. The van der Waals surface area contributed by atoms with Crippen LogP contribution in [0.4, 0.5) is 0 Å². The van der Waals surface area contributed by atoms with E-state index in [0.29, 0.717) is 0 Å². The van der Waals surface area contributed by atoms with E-state index < -0.39 is 5.79 Å². The molecule has 0 amide bonds. The highest BCUT2D eigenvalue weighted by atomic mass is 79.9. The Bertz CT molecular complexity index is 502. The summed E-state index contributed by atoms with van der Waals surface area (Å²) in [5.41, 5.74) is 7.04. The zero-order valence-electron chi connectivity index (χ0n) is 11.5. The number of fused-ring (bicyclic) bond motifs is 1. The number of halogens is 1. The Balaban J connectivity index is 1.89. The lowest BCUT2D eigenvalue weighted by atomic mass is 9.96. The van der Waals surface area contributed by atoms with Gasteiger partial charge in [-0.2, -0.15) is 0 Å². The van der Waals surface area contributed by atoms with Crippen molar-refractivity contribution in [3.8, 4) is 11.5 Å². The van der Waals surface area contributed by atoms with E-state index in [1.165, 1.54) is 18.4 Å². The predicted molar refractivity (Wildman–Crippen MR) is 78.6 cm³/mol. The van der Waals surface area contributed by atoms with Crippen LogP contribution in [0.15, 0.2) is 16.6 Å². The number of benzene rings is 1. The summed E-state index contributed by atoms with van der Waals surface area (Å²) in [6, 6.07) is 4.09. The van der Waals surface area contributed by atoms with Gasteiger partial charge in [0.2, 0.25) is 0 Å². The predicted octanol–water partition coefficient (Wildman–Crippen LogP) is 3.77. The Morgan fingerprint density at radius 3 is 2.37 bits per heavy atom. The molecule has 4 heteroatoms. The topological polar surface area (TPSA) is 44.5 Å². The normalized spacial score (nSPS) is 20.2. The van der Waals surface area contributed by atoms with Gasteiger partial charge in [-0.05, 0) is 50.8 Å². The molecule has 0 atom stereocenters. The van der Waals surface area contributed by atoms with E-state index in [2.05, 4.69) is 22.0 Å². The van der Waals surface area contributed by atoms with Crippen LogP contribution >= 0.6 is 15.9 Å². The van der Waals surface area contributed by atoms with Crippen molar-refractivity contribution in [2.24, 2.45) is 5.73 Å². The second-order valence-electron chi connectivity index (χ2n) is 6.38. The van der Waals surface area contributed by atoms with E-state index in [-0.39, 0.29) is 5.54 Å². The van der Waals surface area contributed by atoms with Crippen LogP contribution in [0.2, 0.25) is 0 Å². The quantitative estimate of drug-likeness (QED) is 0.900. The van der Waals surface area contributed by atoms with Crippen molar-refractivity contribution in [2.45, 2.75) is 57.3 Å². The van der Waals surface area contributed by atoms with Crippen LogP contribution in [0.25, 0.3) is 0 Å². The third kappa shape index (κ3) is 2.61. The maximum absolute atomic E-state index is 6.10. The molecule has 2 N–H and O–H groups in total. The van der Waals surface area contributed by atoms with Gasteiger partial charge in [0.15, 0.2) is 11.5 Å². The second kappa shape index (κ2) is 4.38. The van der Waals surface area contributed by atoms with Crippen LogP contribution in [-0.4, -0.2) is 11.3 Å². The standard InChI is InChI=1S/C15H20BrNO2/c1-14(2,17)9-10-7-12-13(8-11(10)16)19-15(18-12)5-3-4-6-15/h7-8H,3-6,9,17H2,1-2H3. The molecule has 1 aliphatic heterocycles. The first-order chi connectivity index (χ1) is 8.87. The van der Waals surface area contributed by atoms with Crippen molar-refractivity contribution in [3.05, 3.63) is 22.2 Å². The molecule has 1 spiro atoms. The summed E-state index contributed by atoms with van der Waals surface area (Å²) < 4.78 is 13.2. The Morgan fingerprint density at radius 2 is 1.79 bits per heavy atom. The second-order valence-corrected chi connectivity index (χ2v) is 7.23. The molecule has 0 radical (unpaired) electrons. The van der Waals surface area contributed by atoms with Crippen LogP contribution in [0.3, 0.4) is 0 Å². The first-order valence-corrected chi connectivity index (χ1v) is 7.66. The molecule has 104 valence electrons. The Hall–Kier alpha value is -0.740. The van der Waals surface area contributed by atoms with Crippen molar-refractivity contribution in [1.29, 1.82) is 0 Å². The summed E-state index contributed by atoms with van der Waals surface area (Å²) in [4.78, 5) is 0. The van der Waals surface area contributed by atoms with Crippen LogP contribution < -0.4 is 15.2 Å². The Morgan fingerprint density at radius 1 is 1.21 bits per heavy atom. The molecule has 1 aromatic rings. The highest BCUT2D eigenvalue weighted by Gasteiger charge is 2.44. The SMILES string of the molecule is CC(C)(N)Cc1cc2c(cc1Br)OC1(CCCC1)O2. The lowest BCUT2D eigenvalue weighted by Gasteiger charge is -2.21. The lowest BCUT2D eigenvalue weighted by molar-refractivity contribution is -0.0716. The molecule has 1 fully saturated rings. The molecule has 1 saturated carbocycles. The van der Waals surface area contributed by atoms with Gasteiger partial charge in [-0.15, -0.1) is 0 Å². The van der Waals surface area contributed by atoms with Crippen molar-refractivity contribution in [3.63, 3.8) is 0 Å². The van der Waals surface area contributed by atoms with E-state index in [1.54, 1.807) is 0 Å². The highest BCUT2D eigenvalue weighted by Crippen LogP contribution is 2.48. The molecule has 3 rings (SSSR count). The fraction of sp³-hybridized carbons (Fsp3) is 0.600. The first kappa shape index (κ1) is 13.3. The van der Waals surface area contributed by atoms with Crippen LogP contribution in [-0.2, 0) is 6.42 Å². The van der Waals surface area contributed by atoms with Gasteiger partial charge in [-0.25, -0.2) is 0 Å². The minimum atomic E-state index is -0.390. The first-order valence-electron chi connectivity index (χ1n) is 6.86. The molecule has 1 heterocycles. The summed E-state index contributed by atoms with van der Waals surface area (Å²) >= 11 is 3.61. The van der Waals surface area contributed by atoms with Gasteiger partial charge in [0.25, 0.3) is 5.79 Å². The molecule has 0 bridgehead atoms. The van der Waals surface area contributed by atoms with Crippen molar-refractivity contribution in [2.75, 3.05) is 0 Å². The zero-order valence-corrected chi connectivity index (χ0v) is 13.0. The molecule has 19 heavy (non-hydrogen) atoms. The molecule has 2 aliphatic rings. The molecular formula is C15H20BrNO2. The van der Waals surface area contributed by atoms with Crippen LogP contribution in [0.1, 0.15) is 45.1 Å². The van der Waals surface area contributed by atoms with Crippen molar-refractivity contribution >= 4 is 15.9 Å². The van der Waals surface area contributed by atoms with E-state index >= 15 is 0 Å². The van der Waals surface area contributed by atoms with Gasteiger partial charge in [-0.3, -0.25) is 0 Å². The summed E-state index contributed by atoms with van der Waals surface area (Å²) in [5, 5.41) is 0. The number of ether oxygens (including phenoxy) is 2. The number of nitrogens with two attached hydrogens (primary N) is 1. The molecule has 1 aliphatic carbocycles. The van der Waals surface area contributed by atoms with Gasteiger partial charge in [0, 0.05) is 22.9 Å². The number of hydrogen-bond donors (Lipinski definition) is 1. The molecule has 0 aromatic heterocycles. The van der Waals surface area contributed by atoms with Crippen molar-refractivity contribution in [1.82, 2.24) is 0 Å². The Labute approximate surface area is 122 Å². The third-order valence-corrected chi connectivity index (χ3v) is 4.45.